The summed E-state index contributed by atoms with van der Waals surface area (Å²) in [6.07, 6.45) is -1.89. The Morgan fingerprint density at radius 3 is 2.69 bits per heavy atom. The summed E-state index contributed by atoms with van der Waals surface area (Å²) in [6.45, 7) is -0.124. The van der Waals surface area contributed by atoms with Gasteiger partial charge in [0, 0.05) is 22.8 Å². The van der Waals surface area contributed by atoms with Crippen LogP contribution in [0.15, 0.2) is 10.7 Å². The zero-order valence-corrected chi connectivity index (χ0v) is 9.67. The molecule has 88 valence electrons. The van der Waals surface area contributed by atoms with E-state index in [0.717, 1.165) is 6.20 Å². The highest BCUT2D eigenvalue weighted by molar-refractivity contribution is 9.10. The van der Waals surface area contributed by atoms with Crippen LogP contribution in [-0.2, 0) is 17.8 Å². The molecule has 1 aromatic rings. The third kappa shape index (κ3) is 2.73. The molecule has 0 saturated carbocycles. The molecule has 16 heavy (non-hydrogen) atoms. The van der Waals surface area contributed by atoms with Crippen LogP contribution in [-0.4, -0.2) is 16.1 Å². The molecule has 1 heterocycles. The fourth-order valence-electron chi connectivity index (χ4n) is 1.26. The normalized spacial score (nSPS) is 10.8. The first-order chi connectivity index (χ1) is 7.47. The Labute approximate surface area is 98.6 Å². The summed E-state index contributed by atoms with van der Waals surface area (Å²) in [5.41, 5.74) is 5.40. The van der Waals surface area contributed by atoms with Crippen molar-refractivity contribution in [2.75, 3.05) is 0 Å². The first-order valence-corrected chi connectivity index (χ1v) is 5.12. The number of aromatic nitrogens is 1. The third-order valence-electron chi connectivity index (χ3n) is 1.97. The fourth-order valence-corrected chi connectivity index (χ4v) is 1.86. The molecule has 4 nitrogen and oxygen atoms in total. The quantitative estimate of drug-likeness (QED) is 0.889. The van der Waals surface area contributed by atoms with Gasteiger partial charge in [-0.25, -0.2) is 8.78 Å². The molecule has 0 saturated heterocycles. The van der Waals surface area contributed by atoms with Crippen molar-refractivity contribution in [1.29, 1.82) is 0 Å². The minimum Gasteiger partial charge on any atom is -0.481 e. The predicted octanol–water partition coefficient (Wildman–Crippen LogP) is 1.87. The fraction of sp³-hybridized carbons (Fsp3) is 0.333. The van der Waals surface area contributed by atoms with Crippen molar-refractivity contribution >= 4 is 21.9 Å². The van der Waals surface area contributed by atoms with Crippen molar-refractivity contribution < 1.29 is 18.7 Å². The average Bonchev–Trinajstić information content (AvgIpc) is 2.19. The smallest absolute Gasteiger partial charge is 0.307 e. The molecule has 0 unspecified atom stereocenters. The number of nitrogens with zero attached hydrogens (tertiary/aromatic N) is 1. The predicted molar refractivity (Wildman–Crippen MR) is 56.1 cm³/mol. The number of hydrogen-bond donors (Lipinski definition) is 2. The Morgan fingerprint density at radius 1 is 1.62 bits per heavy atom. The molecule has 3 N–H and O–H groups in total. The van der Waals surface area contributed by atoms with E-state index in [4.69, 9.17) is 10.8 Å². The lowest BCUT2D eigenvalue weighted by Gasteiger charge is -2.11. The van der Waals surface area contributed by atoms with Crippen molar-refractivity contribution in [2.45, 2.75) is 19.4 Å². The lowest BCUT2D eigenvalue weighted by molar-refractivity contribution is -0.136. The maximum absolute atomic E-state index is 12.5. The van der Waals surface area contributed by atoms with Crippen LogP contribution < -0.4 is 5.73 Å². The number of carbonyl (C=O) groups is 1. The standard InChI is InChI=1S/C9H9BrF2N2O2/c10-7-4(1-6(15)16)3-14-8(9(11)12)5(7)2-13/h3,9H,1-2,13H2,(H,15,16). The van der Waals surface area contributed by atoms with E-state index in [9.17, 15) is 13.6 Å². The molecule has 0 aliphatic heterocycles. The summed E-state index contributed by atoms with van der Waals surface area (Å²) in [6, 6.07) is 0. The van der Waals surface area contributed by atoms with E-state index in [1.54, 1.807) is 0 Å². The molecule has 0 atom stereocenters. The van der Waals surface area contributed by atoms with E-state index >= 15 is 0 Å². The number of carboxylic acid groups (broad SMARTS) is 1. The molecule has 0 aromatic carbocycles. The van der Waals surface area contributed by atoms with Gasteiger partial charge in [0.25, 0.3) is 6.43 Å². The second-order valence-corrected chi connectivity index (χ2v) is 3.83. The first kappa shape index (κ1) is 13.0. The van der Waals surface area contributed by atoms with Gasteiger partial charge in [0.15, 0.2) is 0 Å². The number of carboxylic acids is 1. The van der Waals surface area contributed by atoms with Crippen LogP contribution in [0.5, 0.6) is 0 Å². The Hall–Kier alpha value is -1.08. The van der Waals surface area contributed by atoms with Gasteiger partial charge in [-0.3, -0.25) is 9.78 Å². The summed E-state index contributed by atoms with van der Waals surface area (Å²) in [5.74, 6) is -1.06. The molecular formula is C9H9BrF2N2O2. The Balaban J connectivity index is 3.23. The SMILES string of the molecule is NCc1c(C(F)F)ncc(CC(=O)O)c1Br. The van der Waals surface area contributed by atoms with E-state index in [-0.39, 0.29) is 18.5 Å². The number of halogens is 3. The zero-order valence-electron chi connectivity index (χ0n) is 8.08. The third-order valence-corrected chi connectivity index (χ3v) is 2.96. The van der Waals surface area contributed by atoms with Gasteiger partial charge in [0.05, 0.1) is 6.42 Å². The topological polar surface area (TPSA) is 76.2 Å². The van der Waals surface area contributed by atoms with Crippen LogP contribution in [0, 0.1) is 0 Å². The Kier molecular flexibility index (Phi) is 4.31. The molecule has 0 aliphatic rings. The molecule has 1 rings (SSSR count). The van der Waals surface area contributed by atoms with E-state index < -0.39 is 18.1 Å². The lowest BCUT2D eigenvalue weighted by Crippen LogP contribution is -2.10. The number of nitrogens with two attached hydrogens (primary N) is 1. The minimum atomic E-state index is -2.73. The van der Waals surface area contributed by atoms with Crippen LogP contribution in [0.3, 0.4) is 0 Å². The summed E-state index contributed by atoms with van der Waals surface area (Å²) in [7, 11) is 0. The number of alkyl halides is 2. The molecule has 7 heteroatoms. The van der Waals surface area contributed by atoms with Crippen LogP contribution in [0.1, 0.15) is 23.2 Å². The molecule has 1 aromatic heterocycles. The molecule has 0 aliphatic carbocycles. The summed E-state index contributed by atoms with van der Waals surface area (Å²) < 4.78 is 25.4. The van der Waals surface area contributed by atoms with Crippen LogP contribution in [0.2, 0.25) is 0 Å². The monoisotopic (exact) mass is 294 g/mol. The maximum Gasteiger partial charge on any atom is 0.307 e. The van der Waals surface area contributed by atoms with Crippen molar-refractivity contribution in [3.8, 4) is 0 Å². The highest BCUT2D eigenvalue weighted by Crippen LogP contribution is 2.29. The van der Waals surface area contributed by atoms with Crippen LogP contribution in [0.25, 0.3) is 0 Å². The van der Waals surface area contributed by atoms with Gasteiger partial charge in [0.2, 0.25) is 0 Å². The molecule has 0 radical (unpaired) electrons. The largest absolute Gasteiger partial charge is 0.481 e. The zero-order chi connectivity index (χ0) is 12.3. The second kappa shape index (κ2) is 5.31. The number of hydrogen-bond acceptors (Lipinski definition) is 3. The molecule has 0 fully saturated rings. The average molecular weight is 295 g/mol. The van der Waals surface area contributed by atoms with Gasteiger partial charge < -0.3 is 10.8 Å². The van der Waals surface area contributed by atoms with Crippen molar-refractivity contribution in [3.05, 3.63) is 27.5 Å². The van der Waals surface area contributed by atoms with Crippen molar-refractivity contribution in [3.63, 3.8) is 0 Å². The van der Waals surface area contributed by atoms with Gasteiger partial charge in [-0.15, -0.1) is 0 Å². The Morgan fingerprint density at radius 2 is 2.25 bits per heavy atom. The minimum absolute atomic E-state index is 0.124. The van der Waals surface area contributed by atoms with Crippen molar-refractivity contribution in [1.82, 2.24) is 4.98 Å². The van der Waals surface area contributed by atoms with E-state index in [2.05, 4.69) is 20.9 Å². The van der Waals surface area contributed by atoms with Crippen LogP contribution in [0.4, 0.5) is 8.78 Å². The number of pyridine rings is 1. The van der Waals surface area contributed by atoms with Gasteiger partial charge in [0.1, 0.15) is 5.69 Å². The van der Waals surface area contributed by atoms with E-state index in [1.807, 2.05) is 0 Å². The van der Waals surface area contributed by atoms with Gasteiger partial charge in [-0.2, -0.15) is 0 Å². The molecule has 0 amide bonds. The molecular weight excluding hydrogens is 286 g/mol. The molecule has 0 spiro atoms. The van der Waals surface area contributed by atoms with Crippen molar-refractivity contribution in [2.24, 2.45) is 5.73 Å². The van der Waals surface area contributed by atoms with Gasteiger partial charge in [-0.05, 0) is 5.56 Å². The first-order valence-electron chi connectivity index (χ1n) is 4.33. The summed E-state index contributed by atoms with van der Waals surface area (Å²) in [5, 5.41) is 8.61. The summed E-state index contributed by atoms with van der Waals surface area (Å²) >= 11 is 3.07. The van der Waals surface area contributed by atoms with Crippen LogP contribution >= 0.6 is 15.9 Å². The second-order valence-electron chi connectivity index (χ2n) is 3.04. The lowest BCUT2D eigenvalue weighted by atomic mass is 10.1. The van der Waals surface area contributed by atoms with E-state index in [1.165, 1.54) is 0 Å². The summed E-state index contributed by atoms with van der Waals surface area (Å²) in [4.78, 5) is 14.1. The Bertz CT molecular complexity index is 413. The van der Waals surface area contributed by atoms with E-state index in [0.29, 0.717) is 10.0 Å². The highest BCUT2D eigenvalue weighted by atomic mass is 79.9. The maximum atomic E-state index is 12.5. The highest BCUT2D eigenvalue weighted by Gasteiger charge is 2.19. The van der Waals surface area contributed by atoms with Gasteiger partial charge in [-0.1, -0.05) is 15.9 Å². The number of rotatable bonds is 4. The number of aliphatic carboxylic acids is 1. The molecule has 0 bridgehead atoms. The van der Waals surface area contributed by atoms with Gasteiger partial charge >= 0.3 is 5.97 Å².